The second kappa shape index (κ2) is 9.21. The average molecular weight is 462 g/mol. The van der Waals surface area contributed by atoms with Gasteiger partial charge in [-0.2, -0.15) is 0 Å². The summed E-state index contributed by atoms with van der Waals surface area (Å²) < 4.78 is 36.1. The minimum absolute atomic E-state index is 0.0730. The van der Waals surface area contributed by atoms with Crippen LogP contribution in [0.4, 0.5) is 5.82 Å². The zero-order chi connectivity index (χ0) is 22.7. The molecule has 3 aromatic rings. The van der Waals surface area contributed by atoms with E-state index in [1.165, 1.54) is 13.4 Å². The second-order valence-electron chi connectivity index (χ2n) is 7.22. The first-order valence-electron chi connectivity index (χ1n) is 9.75. The van der Waals surface area contributed by atoms with E-state index in [-0.39, 0.29) is 19.1 Å². The van der Waals surface area contributed by atoms with Gasteiger partial charge in [0.2, 0.25) is 0 Å². The molecule has 0 saturated carbocycles. The minimum atomic E-state index is -3.47. The fourth-order valence-electron chi connectivity index (χ4n) is 3.22. The van der Waals surface area contributed by atoms with Gasteiger partial charge in [-0.25, -0.2) is 19.5 Å². The summed E-state index contributed by atoms with van der Waals surface area (Å²) in [5, 5.41) is 0. The van der Waals surface area contributed by atoms with Gasteiger partial charge >= 0.3 is 13.6 Å². The molecular formula is C19H23N6O6P. The summed E-state index contributed by atoms with van der Waals surface area (Å²) in [6, 6.07) is 5.98. The van der Waals surface area contributed by atoms with Gasteiger partial charge < -0.3 is 30.0 Å². The molecule has 0 radical (unpaired) electrons. The van der Waals surface area contributed by atoms with Crippen molar-refractivity contribution in [3.63, 3.8) is 0 Å². The number of carbonyl (C=O) groups is 1. The van der Waals surface area contributed by atoms with Crippen LogP contribution in [0.5, 0.6) is 5.75 Å². The van der Waals surface area contributed by atoms with Crippen LogP contribution >= 0.6 is 7.60 Å². The molecule has 2 aromatic heterocycles. The highest BCUT2D eigenvalue weighted by Crippen LogP contribution is 2.50. The number of benzene rings is 1. The molecule has 3 atom stereocenters. The number of nitrogen functional groups attached to an aromatic ring is 1. The number of hydrogen-bond acceptors (Lipinski definition) is 11. The Morgan fingerprint density at radius 3 is 2.78 bits per heavy atom. The normalized spacial score (nSPS) is 21.9. The molecule has 1 aromatic carbocycles. The zero-order valence-electron chi connectivity index (χ0n) is 17.3. The summed E-state index contributed by atoms with van der Waals surface area (Å²) in [6.45, 7) is 0.464. The van der Waals surface area contributed by atoms with Crippen molar-refractivity contribution in [1.29, 1.82) is 0 Å². The van der Waals surface area contributed by atoms with E-state index < -0.39 is 19.6 Å². The van der Waals surface area contributed by atoms with Gasteiger partial charge in [0.1, 0.15) is 29.7 Å². The van der Waals surface area contributed by atoms with E-state index in [1.54, 1.807) is 35.2 Å². The van der Waals surface area contributed by atoms with E-state index in [4.69, 9.17) is 25.3 Å². The lowest BCUT2D eigenvalue weighted by atomic mass is 10.1. The highest BCUT2D eigenvalue weighted by molar-refractivity contribution is 7.54. The molecule has 12 nitrogen and oxygen atoms in total. The Balaban J connectivity index is 1.32. The van der Waals surface area contributed by atoms with Gasteiger partial charge in [-0.1, -0.05) is 12.1 Å². The smallest absolute Gasteiger partial charge is 0.404 e. The number of carbonyl (C=O) groups excluding carboxylic acids is 1. The van der Waals surface area contributed by atoms with Crippen molar-refractivity contribution in [2.75, 3.05) is 25.8 Å². The SMILES string of the molecule is COC(=O)[C@@H](N)Cc1ccc(OP2(=O)CO[C@@H](Cn3cnc4c(N)ncnc43)CO2)cc1. The number of hydrogen-bond donors (Lipinski definition) is 2. The third-order valence-electron chi connectivity index (χ3n) is 4.88. The van der Waals surface area contributed by atoms with Crippen LogP contribution in [0.25, 0.3) is 11.2 Å². The number of methoxy groups -OCH3 is 1. The molecule has 1 saturated heterocycles. The molecule has 1 aliphatic rings. The number of esters is 1. The third kappa shape index (κ3) is 4.89. The first-order valence-corrected chi connectivity index (χ1v) is 11.5. The highest BCUT2D eigenvalue weighted by Gasteiger charge is 2.35. The van der Waals surface area contributed by atoms with Crippen LogP contribution < -0.4 is 16.0 Å². The Bertz CT molecular complexity index is 1140. The Hall–Kier alpha value is -3.05. The molecule has 3 heterocycles. The lowest BCUT2D eigenvalue weighted by Crippen LogP contribution is -2.33. The molecule has 32 heavy (non-hydrogen) atoms. The molecule has 0 bridgehead atoms. The lowest BCUT2D eigenvalue weighted by Gasteiger charge is -2.29. The molecule has 4 N–H and O–H groups in total. The summed E-state index contributed by atoms with van der Waals surface area (Å²) >= 11 is 0. The quantitative estimate of drug-likeness (QED) is 0.381. The summed E-state index contributed by atoms with van der Waals surface area (Å²) in [6.07, 6.45) is 2.71. The topological polar surface area (TPSA) is 167 Å². The Kier molecular flexibility index (Phi) is 6.38. The standard InChI is InChI=1S/C19H23N6O6P/c1-28-19(26)15(20)6-12-2-4-13(5-3-12)31-32(27)11-29-14(8-30-32)7-25-10-24-16-17(21)22-9-23-18(16)25/h2-5,9-10,14-15H,6-8,11,20H2,1H3,(H2,21,22,23)/t14-,15-,32?/m0/s1. The van der Waals surface area contributed by atoms with E-state index in [2.05, 4.69) is 19.7 Å². The van der Waals surface area contributed by atoms with Crippen molar-refractivity contribution in [3.8, 4) is 5.75 Å². The highest BCUT2D eigenvalue weighted by atomic mass is 31.2. The summed E-state index contributed by atoms with van der Waals surface area (Å²) in [7, 11) is -2.19. The predicted octanol–water partition coefficient (Wildman–Crippen LogP) is 1.10. The molecule has 0 aliphatic carbocycles. The molecule has 13 heteroatoms. The van der Waals surface area contributed by atoms with Crippen LogP contribution in [-0.2, 0) is 36.3 Å². The summed E-state index contributed by atoms with van der Waals surface area (Å²) in [5.74, 6) is 0.168. The predicted molar refractivity (Wildman–Crippen MR) is 114 cm³/mol. The molecule has 1 aliphatic heterocycles. The van der Waals surface area contributed by atoms with Crippen molar-refractivity contribution < 1.29 is 27.9 Å². The molecular weight excluding hydrogens is 439 g/mol. The number of nitrogens with two attached hydrogens (primary N) is 2. The van der Waals surface area contributed by atoms with E-state index >= 15 is 0 Å². The van der Waals surface area contributed by atoms with Crippen molar-refractivity contribution in [1.82, 2.24) is 19.5 Å². The lowest BCUT2D eigenvalue weighted by molar-refractivity contribution is -0.142. The maximum Gasteiger partial charge on any atom is 0.404 e. The molecule has 0 spiro atoms. The number of fused-ring (bicyclic) bond motifs is 1. The van der Waals surface area contributed by atoms with Crippen LogP contribution in [0.15, 0.2) is 36.9 Å². The fraction of sp³-hybridized carbons (Fsp3) is 0.368. The maximum atomic E-state index is 12.9. The summed E-state index contributed by atoms with van der Waals surface area (Å²) in [4.78, 5) is 23.8. The number of ether oxygens (including phenoxy) is 2. The number of nitrogens with zero attached hydrogens (tertiary/aromatic N) is 4. The third-order valence-corrected chi connectivity index (χ3v) is 6.38. The van der Waals surface area contributed by atoms with Gasteiger partial charge in [0.25, 0.3) is 0 Å². The van der Waals surface area contributed by atoms with Crippen molar-refractivity contribution in [2.45, 2.75) is 25.1 Å². The number of anilines is 1. The number of aromatic nitrogens is 4. The van der Waals surface area contributed by atoms with Crippen LogP contribution in [0.2, 0.25) is 0 Å². The van der Waals surface area contributed by atoms with Gasteiger partial charge in [-0.15, -0.1) is 0 Å². The first-order chi connectivity index (χ1) is 15.4. The fourth-order valence-corrected chi connectivity index (χ4v) is 4.63. The Morgan fingerprint density at radius 1 is 1.31 bits per heavy atom. The van der Waals surface area contributed by atoms with Gasteiger partial charge in [0.05, 0.1) is 26.6 Å². The first kappa shape index (κ1) is 22.2. The molecule has 1 unspecified atom stereocenters. The number of imidazole rings is 1. The second-order valence-corrected chi connectivity index (χ2v) is 9.14. The van der Waals surface area contributed by atoms with Crippen molar-refractivity contribution in [3.05, 3.63) is 42.5 Å². The monoisotopic (exact) mass is 462 g/mol. The van der Waals surface area contributed by atoms with E-state index in [0.717, 1.165) is 5.56 Å². The number of rotatable bonds is 7. The van der Waals surface area contributed by atoms with Crippen LogP contribution in [0.3, 0.4) is 0 Å². The van der Waals surface area contributed by atoms with Gasteiger partial charge in [0, 0.05) is 0 Å². The molecule has 1 fully saturated rings. The van der Waals surface area contributed by atoms with Crippen molar-refractivity contribution in [2.24, 2.45) is 5.73 Å². The van der Waals surface area contributed by atoms with E-state index in [1.807, 2.05) is 0 Å². The van der Waals surface area contributed by atoms with Crippen LogP contribution in [0, 0.1) is 0 Å². The average Bonchev–Trinajstić information content (AvgIpc) is 3.20. The molecule has 0 amide bonds. The molecule has 4 rings (SSSR count). The minimum Gasteiger partial charge on any atom is -0.468 e. The van der Waals surface area contributed by atoms with E-state index in [9.17, 15) is 9.36 Å². The van der Waals surface area contributed by atoms with Crippen LogP contribution in [0.1, 0.15) is 5.56 Å². The molecule has 170 valence electrons. The van der Waals surface area contributed by atoms with Gasteiger partial charge in [0.15, 0.2) is 17.8 Å². The summed E-state index contributed by atoms with van der Waals surface area (Å²) in [5.41, 5.74) is 13.5. The van der Waals surface area contributed by atoms with Gasteiger partial charge in [-0.05, 0) is 24.1 Å². The zero-order valence-corrected chi connectivity index (χ0v) is 18.2. The Labute approximate surface area is 183 Å². The van der Waals surface area contributed by atoms with Crippen LogP contribution in [-0.4, -0.2) is 57.7 Å². The maximum absolute atomic E-state index is 12.9. The Morgan fingerprint density at radius 2 is 2.09 bits per heavy atom. The largest absolute Gasteiger partial charge is 0.468 e. The van der Waals surface area contributed by atoms with E-state index in [0.29, 0.717) is 35.7 Å². The van der Waals surface area contributed by atoms with Gasteiger partial charge in [-0.3, -0.25) is 9.32 Å². The van der Waals surface area contributed by atoms with Crippen molar-refractivity contribution >= 4 is 30.5 Å².